The second-order valence-corrected chi connectivity index (χ2v) is 8.79. The average molecular weight is 435 g/mol. The van der Waals surface area contributed by atoms with E-state index in [1.807, 2.05) is 47.8 Å². The maximum Gasteiger partial charge on any atom is 0.275 e. The largest absolute Gasteiger partial charge is 0.351 e. The fourth-order valence-electron chi connectivity index (χ4n) is 4.04. The second-order valence-electron chi connectivity index (χ2n) is 7.76. The number of rotatable bonds is 7. The van der Waals surface area contributed by atoms with Crippen LogP contribution in [0.2, 0.25) is 0 Å². The second kappa shape index (κ2) is 10.3. The molecule has 0 unspecified atom stereocenters. The summed E-state index contributed by atoms with van der Waals surface area (Å²) >= 11 is 1.56. The van der Waals surface area contributed by atoms with Crippen molar-refractivity contribution >= 4 is 23.2 Å². The van der Waals surface area contributed by atoms with E-state index in [0.717, 1.165) is 36.1 Å². The normalized spacial score (nSPS) is 15.2. The van der Waals surface area contributed by atoms with Crippen LogP contribution < -0.4 is 5.32 Å². The third-order valence-corrected chi connectivity index (χ3v) is 6.44. The number of aromatic nitrogens is 2. The maximum absolute atomic E-state index is 13.6. The standard InChI is InChI=1S/C24H26N4O2S/c29-23(27-19-10-5-2-6-11-19)22(18-8-3-1-4-9-18)28(17-20-12-7-15-31-20)24(30)21-16-25-13-14-26-21/h1,3-4,7-9,12-16,19,22H,2,5-6,10-11,17H2,(H,27,29)/t22-/m0/s1. The molecule has 0 radical (unpaired) electrons. The van der Waals surface area contributed by atoms with Gasteiger partial charge in [0.1, 0.15) is 11.7 Å². The summed E-state index contributed by atoms with van der Waals surface area (Å²) in [6, 6.07) is 12.8. The van der Waals surface area contributed by atoms with E-state index in [4.69, 9.17) is 0 Å². The van der Waals surface area contributed by atoms with Crippen molar-refractivity contribution in [2.75, 3.05) is 0 Å². The molecule has 0 saturated heterocycles. The Hall–Kier alpha value is -3.06. The van der Waals surface area contributed by atoms with Gasteiger partial charge in [0.15, 0.2) is 0 Å². The first-order valence-corrected chi connectivity index (χ1v) is 11.5. The number of nitrogens with one attached hydrogen (secondary N) is 1. The molecule has 4 rings (SSSR count). The molecule has 0 aliphatic heterocycles. The first-order chi connectivity index (χ1) is 15.2. The molecule has 2 aromatic heterocycles. The van der Waals surface area contributed by atoms with Gasteiger partial charge in [0.05, 0.1) is 12.7 Å². The third kappa shape index (κ3) is 5.35. The van der Waals surface area contributed by atoms with Crippen LogP contribution in [0, 0.1) is 0 Å². The minimum absolute atomic E-state index is 0.146. The van der Waals surface area contributed by atoms with E-state index in [9.17, 15) is 9.59 Å². The summed E-state index contributed by atoms with van der Waals surface area (Å²) in [7, 11) is 0. The first-order valence-electron chi connectivity index (χ1n) is 10.7. The highest BCUT2D eigenvalue weighted by atomic mass is 32.1. The number of hydrogen-bond donors (Lipinski definition) is 1. The Morgan fingerprint density at radius 1 is 1.06 bits per heavy atom. The van der Waals surface area contributed by atoms with Crippen LogP contribution in [0.25, 0.3) is 0 Å². The number of amides is 2. The average Bonchev–Trinajstić information content (AvgIpc) is 3.33. The molecule has 2 heterocycles. The molecule has 0 spiro atoms. The fraction of sp³-hybridized carbons (Fsp3) is 0.333. The van der Waals surface area contributed by atoms with Crippen molar-refractivity contribution in [1.82, 2.24) is 20.2 Å². The highest BCUT2D eigenvalue weighted by Crippen LogP contribution is 2.27. The quantitative estimate of drug-likeness (QED) is 0.599. The molecule has 31 heavy (non-hydrogen) atoms. The van der Waals surface area contributed by atoms with Gasteiger partial charge in [0.2, 0.25) is 5.91 Å². The first kappa shape index (κ1) is 21.2. The van der Waals surface area contributed by atoms with E-state index in [-0.39, 0.29) is 23.6 Å². The van der Waals surface area contributed by atoms with Crippen LogP contribution in [0.3, 0.4) is 0 Å². The number of thiophene rings is 1. The molecule has 1 atom stereocenters. The number of hydrogen-bond acceptors (Lipinski definition) is 5. The molecular weight excluding hydrogens is 408 g/mol. The number of benzene rings is 1. The van der Waals surface area contributed by atoms with Gasteiger partial charge >= 0.3 is 0 Å². The molecule has 1 saturated carbocycles. The van der Waals surface area contributed by atoms with Crippen molar-refractivity contribution in [3.63, 3.8) is 0 Å². The zero-order valence-corrected chi connectivity index (χ0v) is 18.1. The molecule has 1 aliphatic rings. The minimum Gasteiger partial charge on any atom is -0.351 e. The van der Waals surface area contributed by atoms with Crippen LogP contribution in [0.15, 0.2) is 66.4 Å². The Morgan fingerprint density at radius 3 is 2.55 bits per heavy atom. The van der Waals surface area contributed by atoms with Gasteiger partial charge in [-0.25, -0.2) is 4.98 Å². The van der Waals surface area contributed by atoms with Gasteiger partial charge in [-0.15, -0.1) is 11.3 Å². The zero-order valence-electron chi connectivity index (χ0n) is 17.3. The number of carbonyl (C=O) groups is 2. The number of carbonyl (C=O) groups excluding carboxylic acids is 2. The van der Waals surface area contributed by atoms with E-state index >= 15 is 0 Å². The Bertz CT molecular complexity index is 973. The summed E-state index contributed by atoms with van der Waals surface area (Å²) < 4.78 is 0. The van der Waals surface area contributed by atoms with Crippen molar-refractivity contribution in [3.8, 4) is 0 Å². The molecule has 3 aromatic rings. The molecule has 0 bridgehead atoms. The van der Waals surface area contributed by atoms with Gasteiger partial charge < -0.3 is 10.2 Å². The highest BCUT2D eigenvalue weighted by Gasteiger charge is 2.34. The SMILES string of the molecule is O=C(NC1CCCCC1)[C@H](c1ccccc1)N(Cc1cccs1)C(=O)c1cnccn1. The van der Waals surface area contributed by atoms with E-state index in [2.05, 4.69) is 15.3 Å². The summed E-state index contributed by atoms with van der Waals surface area (Å²) in [5.41, 5.74) is 1.01. The van der Waals surface area contributed by atoms with Crippen LogP contribution in [-0.4, -0.2) is 32.7 Å². The molecule has 1 N–H and O–H groups in total. The van der Waals surface area contributed by atoms with E-state index in [1.54, 1.807) is 16.2 Å². The van der Waals surface area contributed by atoms with Crippen molar-refractivity contribution in [1.29, 1.82) is 0 Å². The molecule has 1 aromatic carbocycles. The highest BCUT2D eigenvalue weighted by molar-refractivity contribution is 7.09. The van der Waals surface area contributed by atoms with Crippen molar-refractivity contribution < 1.29 is 9.59 Å². The Labute approximate surface area is 186 Å². The van der Waals surface area contributed by atoms with Gasteiger partial charge in [-0.1, -0.05) is 55.7 Å². The van der Waals surface area contributed by atoms with Crippen LogP contribution in [-0.2, 0) is 11.3 Å². The van der Waals surface area contributed by atoms with Crippen molar-refractivity contribution in [3.05, 3.63) is 82.6 Å². The van der Waals surface area contributed by atoms with Crippen LogP contribution >= 0.6 is 11.3 Å². The maximum atomic E-state index is 13.6. The molecule has 1 aliphatic carbocycles. The fourth-order valence-corrected chi connectivity index (χ4v) is 4.75. The summed E-state index contributed by atoms with van der Waals surface area (Å²) in [5.74, 6) is -0.457. The van der Waals surface area contributed by atoms with Crippen LogP contribution in [0.1, 0.15) is 59.1 Å². The molecular formula is C24H26N4O2S. The van der Waals surface area contributed by atoms with Crippen molar-refractivity contribution in [2.45, 2.75) is 50.7 Å². The molecule has 1 fully saturated rings. The lowest BCUT2D eigenvalue weighted by Crippen LogP contribution is -2.47. The Balaban J connectivity index is 1.69. The summed E-state index contributed by atoms with van der Waals surface area (Å²) in [6.07, 6.45) is 9.90. The minimum atomic E-state index is -0.750. The number of nitrogens with zero attached hydrogens (tertiary/aromatic N) is 3. The monoisotopic (exact) mass is 434 g/mol. The van der Waals surface area contributed by atoms with Gasteiger partial charge in [0.25, 0.3) is 5.91 Å². The molecule has 2 amide bonds. The van der Waals surface area contributed by atoms with Crippen molar-refractivity contribution in [2.24, 2.45) is 0 Å². The predicted octanol–water partition coefficient (Wildman–Crippen LogP) is 4.37. The van der Waals surface area contributed by atoms with Crippen LogP contribution in [0.4, 0.5) is 0 Å². The topological polar surface area (TPSA) is 75.2 Å². The van der Waals surface area contributed by atoms with Crippen LogP contribution in [0.5, 0.6) is 0 Å². The summed E-state index contributed by atoms with van der Waals surface area (Å²) in [5, 5.41) is 5.19. The molecule has 7 heteroatoms. The lowest BCUT2D eigenvalue weighted by atomic mass is 9.94. The van der Waals surface area contributed by atoms with E-state index in [1.165, 1.54) is 25.0 Å². The Kier molecular flexibility index (Phi) is 7.04. The summed E-state index contributed by atoms with van der Waals surface area (Å²) in [4.78, 5) is 38.0. The summed E-state index contributed by atoms with van der Waals surface area (Å²) in [6.45, 7) is 0.324. The van der Waals surface area contributed by atoms with Gasteiger partial charge in [-0.2, -0.15) is 0 Å². The smallest absolute Gasteiger partial charge is 0.275 e. The van der Waals surface area contributed by atoms with Gasteiger partial charge in [-0.05, 0) is 29.9 Å². The van der Waals surface area contributed by atoms with E-state index in [0.29, 0.717) is 6.54 Å². The van der Waals surface area contributed by atoms with Gasteiger partial charge in [-0.3, -0.25) is 14.6 Å². The van der Waals surface area contributed by atoms with E-state index < -0.39 is 6.04 Å². The lowest BCUT2D eigenvalue weighted by molar-refractivity contribution is -0.127. The predicted molar refractivity (Wildman–Crippen MR) is 120 cm³/mol. The zero-order chi connectivity index (χ0) is 21.5. The third-order valence-electron chi connectivity index (χ3n) is 5.58. The lowest BCUT2D eigenvalue weighted by Gasteiger charge is -2.33. The molecule has 160 valence electrons. The Morgan fingerprint density at radius 2 is 1.87 bits per heavy atom. The van der Waals surface area contributed by atoms with Gasteiger partial charge in [0, 0.05) is 23.3 Å². The molecule has 6 nitrogen and oxygen atoms in total.